The van der Waals surface area contributed by atoms with Crippen LogP contribution >= 0.6 is 23.4 Å². The van der Waals surface area contributed by atoms with Crippen molar-refractivity contribution in [3.8, 4) is 6.19 Å². The number of rotatable bonds is 3. The van der Waals surface area contributed by atoms with Crippen LogP contribution in [-0.4, -0.2) is 29.0 Å². The van der Waals surface area contributed by atoms with Gasteiger partial charge in [-0.3, -0.25) is 0 Å². The molecule has 18 heavy (non-hydrogen) atoms. The molecule has 1 heterocycles. The summed E-state index contributed by atoms with van der Waals surface area (Å²) in [5, 5.41) is 9.83. The molecule has 1 aliphatic rings. The van der Waals surface area contributed by atoms with E-state index in [2.05, 4.69) is 4.99 Å². The van der Waals surface area contributed by atoms with Crippen molar-refractivity contribution in [2.45, 2.75) is 6.04 Å². The van der Waals surface area contributed by atoms with Crippen molar-refractivity contribution in [2.75, 3.05) is 19.0 Å². The van der Waals surface area contributed by atoms with Crippen LogP contribution in [0.1, 0.15) is 11.6 Å². The molecule has 0 radical (unpaired) electrons. The fourth-order valence-corrected chi connectivity index (χ4v) is 2.97. The van der Waals surface area contributed by atoms with Crippen molar-refractivity contribution in [1.82, 2.24) is 4.90 Å². The normalized spacial score (nSPS) is 18.9. The number of hydrogen-bond donors (Lipinski definition) is 0. The molecule has 1 atom stereocenters. The molecule has 2 rings (SSSR count). The van der Waals surface area contributed by atoms with Gasteiger partial charge in [-0.2, -0.15) is 5.26 Å². The second-order valence-corrected chi connectivity index (χ2v) is 5.26. The topological polar surface area (TPSA) is 39.4 Å². The van der Waals surface area contributed by atoms with Gasteiger partial charge in [-0.1, -0.05) is 35.5 Å². The van der Waals surface area contributed by atoms with Crippen LogP contribution in [0.25, 0.3) is 0 Å². The Morgan fingerprint density at radius 3 is 2.83 bits per heavy atom. The monoisotopic (exact) mass is 283 g/mol. The minimum absolute atomic E-state index is 0.399. The summed E-state index contributed by atoms with van der Waals surface area (Å²) in [5.41, 5.74) is 0.843. The molecule has 0 saturated carbocycles. The molecule has 1 aromatic rings. The Morgan fingerprint density at radius 2 is 2.22 bits per heavy atom. The van der Waals surface area contributed by atoms with Crippen LogP contribution in [0.5, 0.6) is 0 Å². The molecule has 6 heteroatoms. The van der Waals surface area contributed by atoms with Crippen molar-refractivity contribution in [3.63, 3.8) is 0 Å². The lowest BCUT2D eigenvalue weighted by Crippen LogP contribution is -2.31. The van der Waals surface area contributed by atoms with Gasteiger partial charge in [0.1, 0.15) is 6.67 Å². The molecule has 1 fully saturated rings. The third kappa shape index (κ3) is 2.77. The molecule has 0 spiro atoms. The van der Waals surface area contributed by atoms with Gasteiger partial charge in [0, 0.05) is 17.3 Å². The molecule has 1 unspecified atom stereocenters. The molecule has 1 saturated heterocycles. The summed E-state index contributed by atoms with van der Waals surface area (Å²) in [5.74, 6) is 0.824. The van der Waals surface area contributed by atoms with Crippen LogP contribution in [0.15, 0.2) is 29.3 Å². The van der Waals surface area contributed by atoms with Gasteiger partial charge in [0.25, 0.3) is 0 Å². The summed E-state index contributed by atoms with van der Waals surface area (Å²) in [7, 11) is 0. The van der Waals surface area contributed by atoms with Crippen molar-refractivity contribution in [1.29, 1.82) is 5.26 Å². The molecule has 0 aromatic heterocycles. The zero-order chi connectivity index (χ0) is 13.0. The van der Waals surface area contributed by atoms with Crippen molar-refractivity contribution >= 4 is 28.5 Å². The predicted octanol–water partition coefficient (Wildman–Crippen LogP) is 3.24. The van der Waals surface area contributed by atoms with Gasteiger partial charge in [-0.25, -0.2) is 4.39 Å². The molecule has 0 amide bonds. The van der Waals surface area contributed by atoms with Crippen LogP contribution in [0, 0.1) is 11.5 Å². The zero-order valence-electron chi connectivity index (χ0n) is 9.51. The number of hydrogen-bond acceptors (Lipinski definition) is 3. The largest absolute Gasteiger partial charge is 0.340 e. The van der Waals surface area contributed by atoms with E-state index in [9.17, 15) is 4.39 Å². The highest BCUT2D eigenvalue weighted by Gasteiger charge is 2.28. The highest BCUT2D eigenvalue weighted by molar-refractivity contribution is 8.14. The first-order valence-corrected chi connectivity index (χ1v) is 6.80. The lowest BCUT2D eigenvalue weighted by molar-refractivity contribution is 0.275. The van der Waals surface area contributed by atoms with Crippen molar-refractivity contribution in [3.05, 3.63) is 34.9 Å². The summed E-state index contributed by atoms with van der Waals surface area (Å²) in [4.78, 5) is 5.57. The third-order valence-corrected chi connectivity index (χ3v) is 3.95. The zero-order valence-corrected chi connectivity index (χ0v) is 11.1. The highest BCUT2D eigenvalue weighted by Crippen LogP contribution is 2.30. The first-order valence-electron chi connectivity index (χ1n) is 5.44. The van der Waals surface area contributed by atoms with Crippen LogP contribution in [0.3, 0.4) is 0 Å². The van der Waals surface area contributed by atoms with E-state index in [1.165, 1.54) is 11.8 Å². The fourth-order valence-electron chi connectivity index (χ4n) is 1.88. The Labute approximate surface area is 114 Å². The van der Waals surface area contributed by atoms with Crippen molar-refractivity contribution in [2.24, 2.45) is 4.99 Å². The van der Waals surface area contributed by atoms with E-state index >= 15 is 0 Å². The summed E-state index contributed by atoms with van der Waals surface area (Å²) in [6.07, 6.45) is 1.76. The van der Waals surface area contributed by atoms with E-state index in [1.54, 1.807) is 30.5 Å². The van der Waals surface area contributed by atoms with Crippen LogP contribution in [-0.2, 0) is 0 Å². The standard InChI is InChI=1S/C12H11ClFN3S/c13-10-3-1-9(2-4-10)11(7-14)17-5-6-18-12(17)16-8-15/h1-4,11H,5-7H2. The second kappa shape index (κ2) is 6.07. The Kier molecular flexibility index (Phi) is 4.45. The van der Waals surface area contributed by atoms with E-state index in [-0.39, 0.29) is 0 Å². The Hall–Kier alpha value is -1.25. The SMILES string of the molecule is N#CN=C1SCCN1C(CF)c1ccc(Cl)cc1. The molecule has 0 N–H and O–H groups in total. The Morgan fingerprint density at radius 1 is 1.50 bits per heavy atom. The van der Waals surface area contributed by atoms with E-state index in [0.29, 0.717) is 16.7 Å². The number of alkyl halides is 1. The quantitative estimate of drug-likeness (QED) is 0.800. The van der Waals surface area contributed by atoms with Crippen LogP contribution < -0.4 is 0 Å². The lowest BCUT2D eigenvalue weighted by atomic mass is 10.1. The molecule has 0 bridgehead atoms. The number of halogens is 2. The van der Waals surface area contributed by atoms with Crippen LogP contribution in [0.2, 0.25) is 5.02 Å². The fraction of sp³-hybridized carbons (Fsp3) is 0.333. The molecule has 1 aliphatic heterocycles. The van der Waals surface area contributed by atoms with Gasteiger partial charge in [-0.15, -0.1) is 4.99 Å². The average Bonchev–Trinajstić information content (AvgIpc) is 2.82. The van der Waals surface area contributed by atoms with Gasteiger partial charge >= 0.3 is 0 Å². The molecular weight excluding hydrogens is 273 g/mol. The van der Waals surface area contributed by atoms with Gasteiger partial charge < -0.3 is 4.90 Å². The molecule has 3 nitrogen and oxygen atoms in total. The molecule has 94 valence electrons. The first kappa shape index (κ1) is 13.2. The second-order valence-electron chi connectivity index (χ2n) is 3.76. The summed E-state index contributed by atoms with van der Waals surface area (Å²) in [6.45, 7) is 0.176. The number of amidine groups is 1. The maximum absolute atomic E-state index is 13.3. The number of benzene rings is 1. The molecular formula is C12H11ClFN3S. The number of nitrogens with zero attached hydrogens (tertiary/aromatic N) is 3. The first-order chi connectivity index (χ1) is 8.76. The van der Waals surface area contributed by atoms with Crippen LogP contribution in [0.4, 0.5) is 4.39 Å². The van der Waals surface area contributed by atoms with Gasteiger partial charge in [-0.05, 0) is 17.7 Å². The average molecular weight is 284 g/mol. The Bertz CT molecular complexity index is 483. The maximum atomic E-state index is 13.3. The van der Waals surface area contributed by atoms with E-state index in [0.717, 1.165) is 11.3 Å². The smallest absolute Gasteiger partial charge is 0.208 e. The molecule has 0 aliphatic carbocycles. The lowest BCUT2D eigenvalue weighted by Gasteiger charge is -2.26. The van der Waals surface area contributed by atoms with E-state index in [1.807, 2.05) is 4.90 Å². The van der Waals surface area contributed by atoms with Gasteiger partial charge in [0.05, 0.1) is 6.04 Å². The number of nitriles is 1. The molecule has 1 aromatic carbocycles. The van der Waals surface area contributed by atoms with Gasteiger partial charge in [0.2, 0.25) is 6.19 Å². The van der Waals surface area contributed by atoms with E-state index < -0.39 is 12.7 Å². The minimum Gasteiger partial charge on any atom is -0.340 e. The highest BCUT2D eigenvalue weighted by atomic mass is 35.5. The number of thioether (sulfide) groups is 1. The van der Waals surface area contributed by atoms with E-state index in [4.69, 9.17) is 16.9 Å². The van der Waals surface area contributed by atoms with Gasteiger partial charge in [0.15, 0.2) is 5.17 Å². The summed E-state index contributed by atoms with van der Waals surface area (Å²) < 4.78 is 13.3. The minimum atomic E-state index is -0.521. The summed E-state index contributed by atoms with van der Waals surface area (Å²) in [6, 6.07) is 6.69. The Balaban J connectivity index is 2.26. The predicted molar refractivity (Wildman–Crippen MR) is 72.4 cm³/mol. The third-order valence-electron chi connectivity index (χ3n) is 2.73. The summed E-state index contributed by atoms with van der Waals surface area (Å²) >= 11 is 7.30. The van der Waals surface area contributed by atoms with Crippen molar-refractivity contribution < 1.29 is 4.39 Å². The maximum Gasteiger partial charge on any atom is 0.208 e. The number of aliphatic imine (C=N–C) groups is 1.